The van der Waals surface area contributed by atoms with Crippen LogP contribution < -0.4 is 10.6 Å². The van der Waals surface area contributed by atoms with Crippen molar-refractivity contribution in [2.45, 2.75) is 50.6 Å². The maximum absolute atomic E-state index is 12.0. The summed E-state index contributed by atoms with van der Waals surface area (Å²) in [6.45, 7) is 2.47. The third-order valence-electron chi connectivity index (χ3n) is 4.45. The van der Waals surface area contributed by atoms with Crippen LogP contribution in [0, 0.1) is 11.8 Å². The van der Waals surface area contributed by atoms with Crippen LogP contribution in [0.2, 0.25) is 0 Å². The van der Waals surface area contributed by atoms with Crippen LogP contribution in [0.4, 0.5) is 0 Å². The van der Waals surface area contributed by atoms with E-state index in [4.69, 9.17) is 4.74 Å². The summed E-state index contributed by atoms with van der Waals surface area (Å²) < 4.78 is 5.55. The minimum atomic E-state index is 0.219. The summed E-state index contributed by atoms with van der Waals surface area (Å²) in [6, 6.07) is 1.05. The van der Waals surface area contributed by atoms with E-state index >= 15 is 0 Å². The fourth-order valence-corrected chi connectivity index (χ4v) is 3.17. The van der Waals surface area contributed by atoms with Crippen molar-refractivity contribution < 1.29 is 9.53 Å². The summed E-state index contributed by atoms with van der Waals surface area (Å²) in [5.74, 6) is 1.30. The highest BCUT2D eigenvalue weighted by atomic mass is 16.5. The van der Waals surface area contributed by atoms with E-state index < -0.39 is 0 Å². The van der Waals surface area contributed by atoms with Crippen molar-refractivity contribution in [3.05, 3.63) is 0 Å². The third kappa shape index (κ3) is 3.04. The van der Waals surface area contributed by atoms with Gasteiger partial charge in [0.1, 0.15) is 0 Å². The van der Waals surface area contributed by atoms with Crippen molar-refractivity contribution in [3.63, 3.8) is 0 Å². The zero-order valence-corrected chi connectivity index (χ0v) is 11.0. The van der Waals surface area contributed by atoms with Gasteiger partial charge in [-0.25, -0.2) is 0 Å². The van der Waals surface area contributed by atoms with E-state index in [0.717, 1.165) is 38.5 Å². The summed E-state index contributed by atoms with van der Waals surface area (Å²) >= 11 is 0. The molecule has 1 aliphatic carbocycles. The molecule has 3 aliphatic rings. The molecule has 1 amide bonds. The van der Waals surface area contributed by atoms with Gasteiger partial charge >= 0.3 is 0 Å². The smallest absolute Gasteiger partial charge is 0.224 e. The average Bonchev–Trinajstić information content (AvgIpc) is 2.96. The van der Waals surface area contributed by atoms with E-state index in [1.807, 2.05) is 0 Å². The topological polar surface area (TPSA) is 50.4 Å². The minimum absolute atomic E-state index is 0.219. The first-order chi connectivity index (χ1) is 8.83. The average molecular weight is 252 g/mol. The highest BCUT2D eigenvalue weighted by molar-refractivity contribution is 5.80. The molecule has 0 radical (unpaired) electrons. The Morgan fingerprint density at radius 1 is 1.28 bits per heavy atom. The van der Waals surface area contributed by atoms with Crippen LogP contribution in [0.5, 0.6) is 0 Å². The molecule has 0 aromatic rings. The van der Waals surface area contributed by atoms with Gasteiger partial charge in [0.15, 0.2) is 0 Å². The van der Waals surface area contributed by atoms with Gasteiger partial charge in [0.25, 0.3) is 0 Å². The van der Waals surface area contributed by atoms with E-state index in [-0.39, 0.29) is 11.8 Å². The van der Waals surface area contributed by atoms with Gasteiger partial charge in [-0.2, -0.15) is 0 Å². The van der Waals surface area contributed by atoms with Gasteiger partial charge in [-0.15, -0.1) is 0 Å². The lowest BCUT2D eigenvalue weighted by Crippen LogP contribution is -2.38. The fraction of sp³-hybridized carbons (Fsp3) is 0.929. The zero-order chi connectivity index (χ0) is 12.4. The number of rotatable bonds is 7. The lowest BCUT2D eigenvalue weighted by atomic mass is 9.88. The SMILES string of the molecule is O=C(NCCCOCC1CC1)C1CC2CCC1N2. The molecule has 2 bridgehead atoms. The molecule has 102 valence electrons. The number of nitrogens with one attached hydrogen (secondary N) is 2. The summed E-state index contributed by atoms with van der Waals surface area (Å²) in [5.41, 5.74) is 0. The number of hydrogen-bond acceptors (Lipinski definition) is 3. The van der Waals surface area contributed by atoms with E-state index in [1.165, 1.54) is 25.7 Å². The van der Waals surface area contributed by atoms with Crippen molar-refractivity contribution in [2.24, 2.45) is 11.8 Å². The number of amides is 1. The molecule has 3 atom stereocenters. The van der Waals surface area contributed by atoms with Crippen molar-refractivity contribution in [3.8, 4) is 0 Å². The molecule has 18 heavy (non-hydrogen) atoms. The van der Waals surface area contributed by atoms with Crippen LogP contribution in [-0.4, -0.2) is 37.7 Å². The molecule has 2 N–H and O–H groups in total. The van der Waals surface area contributed by atoms with Crippen molar-refractivity contribution in [1.29, 1.82) is 0 Å². The Bertz CT molecular complexity index is 304. The molecule has 1 saturated carbocycles. The summed E-state index contributed by atoms with van der Waals surface area (Å²) in [7, 11) is 0. The van der Waals surface area contributed by atoms with Crippen LogP contribution >= 0.6 is 0 Å². The normalized spacial score (nSPS) is 33.9. The predicted molar refractivity (Wildman–Crippen MR) is 69.2 cm³/mol. The van der Waals surface area contributed by atoms with Crippen LogP contribution in [0.25, 0.3) is 0 Å². The monoisotopic (exact) mass is 252 g/mol. The van der Waals surface area contributed by atoms with Crippen molar-refractivity contribution in [1.82, 2.24) is 10.6 Å². The van der Waals surface area contributed by atoms with Gasteiger partial charge in [-0.3, -0.25) is 4.79 Å². The summed E-state index contributed by atoms with van der Waals surface area (Å²) in [6.07, 6.45) is 7.08. The van der Waals surface area contributed by atoms with Gasteiger partial charge in [0.05, 0.1) is 5.92 Å². The number of carbonyl (C=O) groups is 1. The van der Waals surface area contributed by atoms with Crippen LogP contribution in [0.3, 0.4) is 0 Å². The van der Waals surface area contributed by atoms with E-state index in [1.54, 1.807) is 0 Å². The molecular formula is C14H24N2O2. The Labute approximate surface area is 109 Å². The second-order valence-corrected chi connectivity index (χ2v) is 6.05. The van der Waals surface area contributed by atoms with Gasteiger partial charge in [-0.1, -0.05) is 0 Å². The Hall–Kier alpha value is -0.610. The molecule has 2 heterocycles. The van der Waals surface area contributed by atoms with Crippen molar-refractivity contribution in [2.75, 3.05) is 19.8 Å². The first-order valence-electron chi connectivity index (χ1n) is 7.44. The second-order valence-electron chi connectivity index (χ2n) is 6.05. The maximum atomic E-state index is 12.0. The molecule has 2 aliphatic heterocycles. The van der Waals surface area contributed by atoms with Crippen LogP contribution in [0.15, 0.2) is 0 Å². The molecule has 2 saturated heterocycles. The number of fused-ring (bicyclic) bond motifs is 2. The highest BCUT2D eigenvalue weighted by Gasteiger charge is 2.42. The standard InChI is InChI=1S/C14H24N2O2/c17-14(12-8-11-4-5-13(12)16-11)15-6-1-7-18-9-10-2-3-10/h10-13,16H,1-9H2,(H,15,17). The highest BCUT2D eigenvalue weighted by Crippen LogP contribution is 2.33. The maximum Gasteiger partial charge on any atom is 0.224 e. The minimum Gasteiger partial charge on any atom is -0.381 e. The Kier molecular flexibility index (Phi) is 3.85. The van der Waals surface area contributed by atoms with E-state index in [0.29, 0.717) is 12.1 Å². The van der Waals surface area contributed by atoms with Gasteiger partial charge < -0.3 is 15.4 Å². The second kappa shape index (κ2) is 5.57. The van der Waals surface area contributed by atoms with E-state index in [9.17, 15) is 4.79 Å². The fourth-order valence-electron chi connectivity index (χ4n) is 3.17. The zero-order valence-electron chi connectivity index (χ0n) is 11.0. The number of carbonyl (C=O) groups excluding carboxylic acids is 1. The molecule has 3 rings (SSSR count). The number of ether oxygens (including phenoxy) is 1. The lowest BCUT2D eigenvalue weighted by Gasteiger charge is -2.19. The first-order valence-corrected chi connectivity index (χ1v) is 7.44. The molecule has 0 aromatic heterocycles. The summed E-state index contributed by atoms with van der Waals surface area (Å²) in [4.78, 5) is 12.0. The molecule has 0 spiro atoms. The number of hydrogen-bond donors (Lipinski definition) is 2. The Morgan fingerprint density at radius 2 is 2.17 bits per heavy atom. The van der Waals surface area contributed by atoms with Gasteiger partial charge in [0, 0.05) is 31.8 Å². The van der Waals surface area contributed by atoms with E-state index in [2.05, 4.69) is 10.6 Å². The van der Waals surface area contributed by atoms with Crippen LogP contribution in [0.1, 0.15) is 38.5 Å². The predicted octanol–water partition coefficient (Wildman–Crippen LogP) is 1.06. The van der Waals surface area contributed by atoms with Gasteiger partial charge in [0.2, 0.25) is 5.91 Å². The quantitative estimate of drug-likeness (QED) is 0.666. The molecule has 3 fully saturated rings. The molecule has 3 unspecified atom stereocenters. The Balaban J connectivity index is 1.25. The lowest BCUT2D eigenvalue weighted by molar-refractivity contribution is -0.125. The van der Waals surface area contributed by atoms with Crippen LogP contribution in [-0.2, 0) is 9.53 Å². The molecule has 4 nitrogen and oxygen atoms in total. The largest absolute Gasteiger partial charge is 0.381 e. The molecule has 4 heteroatoms. The third-order valence-corrected chi connectivity index (χ3v) is 4.45. The van der Waals surface area contributed by atoms with Gasteiger partial charge in [-0.05, 0) is 44.4 Å². The summed E-state index contributed by atoms with van der Waals surface area (Å²) in [5, 5.41) is 6.56. The Morgan fingerprint density at radius 3 is 2.83 bits per heavy atom. The molecule has 0 aromatic carbocycles. The molecular weight excluding hydrogens is 228 g/mol. The first kappa shape index (κ1) is 12.4. The van der Waals surface area contributed by atoms with Crippen molar-refractivity contribution >= 4 is 5.91 Å².